The number of aryl methyl sites for hydroxylation is 1. The normalized spacial score (nSPS) is 17.7. The molecule has 0 aliphatic carbocycles. The van der Waals surface area contributed by atoms with Gasteiger partial charge in [0.1, 0.15) is 18.2 Å². The van der Waals surface area contributed by atoms with E-state index in [0.29, 0.717) is 12.6 Å². The summed E-state index contributed by atoms with van der Waals surface area (Å²) in [5.41, 5.74) is 1.23. The van der Waals surface area contributed by atoms with Crippen molar-refractivity contribution >= 4 is 0 Å². The molecule has 0 N–H and O–H groups in total. The standard InChI is InChI=1S/C18H23N7O/c1-14-8-17-21-22-18(13-26-16-4-3-5-19-10-16)25(17)7-6-24(14)12-15-9-20-23(2)11-15/h3-5,9-11,14H,6-8,12-13H2,1-2H3/t14-/m0/s1. The molecule has 26 heavy (non-hydrogen) atoms. The van der Waals surface area contributed by atoms with E-state index < -0.39 is 0 Å². The third-order valence-electron chi connectivity index (χ3n) is 4.76. The highest BCUT2D eigenvalue weighted by molar-refractivity contribution is 5.15. The van der Waals surface area contributed by atoms with E-state index in [-0.39, 0.29) is 0 Å². The van der Waals surface area contributed by atoms with E-state index in [9.17, 15) is 0 Å². The lowest BCUT2D eigenvalue weighted by atomic mass is 10.2. The molecule has 0 spiro atoms. The molecule has 4 heterocycles. The lowest BCUT2D eigenvalue weighted by Crippen LogP contribution is -2.34. The highest BCUT2D eigenvalue weighted by Gasteiger charge is 2.24. The van der Waals surface area contributed by atoms with Crippen LogP contribution < -0.4 is 4.74 Å². The van der Waals surface area contributed by atoms with E-state index in [1.165, 1.54) is 5.56 Å². The Morgan fingerprint density at radius 2 is 2.15 bits per heavy atom. The smallest absolute Gasteiger partial charge is 0.171 e. The van der Waals surface area contributed by atoms with Crippen LogP contribution in [0.1, 0.15) is 24.1 Å². The van der Waals surface area contributed by atoms with Crippen LogP contribution in [-0.2, 0) is 33.2 Å². The molecule has 3 aromatic heterocycles. The van der Waals surface area contributed by atoms with E-state index in [4.69, 9.17) is 4.74 Å². The first-order chi connectivity index (χ1) is 12.7. The zero-order valence-corrected chi connectivity index (χ0v) is 15.1. The van der Waals surface area contributed by atoms with E-state index in [0.717, 1.165) is 43.5 Å². The first kappa shape index (κ1) is 16.7. The first-order valence-corrected chi connectivity index (χ1v) is 8.84. The minimum absolute atomic E-state index is 0.396. The maximum atomic E-state index is 5.80. The van der Waals surface area contributed by atoms with Gasteiger partial charge in [-0.05, 0) is 19.1 Å². The van der Waals surface area contributed by atoms with Crippen LogP contribution in [0, 0.1) is 0 Å². The average molecular weight is 353 g/mol. The Balaban J connectivity index is 1.44. The average Bonchev–Trinajstić information content (AvgIpc) is 3.19. The number of aromatic nitrogens is 6. The molecule has 4 rings (SSSR count). The van der Waals surface area contributed by atoms with Crippen LogP contribution in [0.4, 0.5) is 0 Å². The number of pyridine rings is 1. The van der Waals surface area contributed by atoms with Gasteiger partial charge in [0.05, 0.1) is 12.4 Å². The highest BCUT2D eigenvalue weighted by atomic mass is 16.5. The van der Waals surface area contributed by atoms with Gasteiger partial charge in [0.15, 0.2) is 5.82 Å². The second-order valence-electron chi connectivity index (χ2n) is 6.71. The van der Waals surface area contributed by atoms with Crippen molar-refractivity contribution in [2.75, 3.05) is 6.54 Å². The fourth-order valence-corrected chi connectivity index (χ4v) is 3.33. The molecule has 0 radical (unpaired) electrons. The fraction of sp³-hybridized carbons (Fsp3) is 0.444. The van der Waals surface area contributed by atoms with Crippen molar-refractivity contribution in [1.29, 1.82) is 0 Å². The lowest BCUT2D eigenvalue weighted by Gasteiger charge is -2.25. The number of hydrogen-bond acceptors (Lipinski definition) is 6. The van der Waals surface area contributed by atoms with Gasteiger partial charge in [-0.1, -0.05) is 0 Å². The van der Waals surface area contributed by atoms with Gasteiger partial charge in [0, 0.05) is 57.1 Å². The molecule has 0 unspecified atom stereocenters. The molecular weight excluding hydrogens is 330 g/mol. The van der Waals surface area contributed by atoms with Gasteiger partial charge in [0.25, 0.3) is 0 Å². The van der Waals surface area contributed by atoms with E-state index in [1.54, 1.807) is 12.4 Å². The largest absolute Gasteiger partial charge is 0.484 e. The van der Waals surface area contributed by atoms with Crippen LogP contribution in [0.15, 0.2) is 36.9 Å². The Bertz CT molecular complexity index is 858. The van der Waals surface area contributed by atoms with Crippen molar-refractivity contribution in [3.05, 3.63) is 54.1 Å². The molecular formula is C18H23N7O. The van der Waals surface area contributed by atoms with Crippen molar-refractivity contribution in [2.45, 2.75) is 39.1 Å². The molecule has 0 fully saturated rings. The summed E-state index contributed by atoms with van der Waals surface area (Å²) >= 11 is 0. The number of hydrogen-bond donors (Lipinski definition) is 0. The van der Waals surface area contributed by atoms with Crippen LogP contribution in [0.2, 0.25) is 0 Å². The predicted molar refractivity (Wildman–Crippen MR) is 95.4 cm³/mol. The quantitative estimate of drug-likeness (QED) is 0.691. The lowest BCUT2D eigenvalue weighted by molar-refractivity contribution is 0.201. The SMILES string of the molecule is C[C@H]1Cc2nnc(COc3cccnc3)n2CCN1Cc1cnn(C)c1. The maximum Gasteiger partial charge on any atom is 0.171 e. The molecule has 8 heteroatoms. The van der Waals surface area contributed by atoms with Crippen LogP contribution in [-0.4, -0.2) is 47.0 Å². The molecule has 1 aliphatic rings. The first-order valence-electron chi connectivity index (χ1n) is 8.84. The van der Waals surface area contributed by atoms with Crippen molar-refractivity contribution < 1.29 is 4.74 Å². The molecule has 0 saturated carbocycles. The van der Waals surface area contributed by atoms with Gasteiger partial charge in [-0.3, -0.25) is 14.6 Å². The summed E-state index contributed by atoms with van der Waals surface area (Å²) in [5, 5.41) is 13.0. The van der Waals surface area contributed by atoms with Crippen molar-refractivity contribution in [3.8, 4) is 5.75 Å². The van der Waals surface area contributed by atoms with Gasteiger partial charge >= 0.3 is 0 Å². The van der Waals surface area contributed by atoms with Gasteiger partial charge < -0.3 is 9.30 Å². The minimum Gasteiger partial charge on any atom is -0.484 e. The molecule has 0 bridgehead atoms. The zero-order chi connectivity index (χ0) is 17.9. The Morgan fingerprint density at radius 3 is 2.92 bits per heavy atom. The summed E-state index contributed by atoms with van der Waals surface area (Å²) in [7, 11) is 1.95. The third kappa shape index (κ3) is 3.60. The highest BCUT2D eigenvalue weighted by Crippen LogP contribution is 2.18. The molecule has 1 aliphatic heterocycles. The number of fused-ring (bicyclic) bond motifs is 1. The van der Waals surface area contributed by atoms with Gasteiger partial charge in [-0.25, -0.2) is 0 Å². The van der Waals surface area contributed by atoms with Gasteiger partial charge in [0.2, 0.25) is 0 Å². The van der Waals surface area contributed by atoms with Crippen molar-refractivity contribution in [1.82, 2.24) is 34.4 Å². The summed E-state index contributed by atoms with van der Waals surface area (Å²) < 4.78 is 9.84. The monoisotopic (exact) mass is 353 g/mol. The molecule has 0 saturated heterocycles. The van der Waals surface area contributed by atoms with Gasteiger partial charge in [-0.15, -0.1) is 10.2 Å². The molecule has 0 amide bonds. The Morgan fingerprint density at radius 1 is 1.23 bits per heavy atom. The van der Waals surface area contributed by atoms with Crippen LogP contribution >= 0.6 is 0 Å². The van der Waals surface area contributed by atoms with E-state index >= 15 is 0 Å². The summed E-state index contributed by atoms with van der Waals surface area (Å²) in [4.78, 5) is 6.54. The minimum atomic E-state index is 0.396. The van der Waals surface area contributed by atoms with Crippen molar-refractivity contribution in [3.63, 3.8) is 0 Å². The van der Waals surface area contributed by atoms with Crippen LogP contribution in [0.3, 0.4) is 0 Å². The van der Waals surface area contributed by atoms with Crippen LogP contribution in [0.5, 0.6) is 5.75 Å². The van der Waals surface area contributed by atoms with E-state index in [1.807, 2.05) is 30.1 Å². The second kappa shape index (κ2) is 7.25. The molecule has 1 atom stereocenters. The summed E-state index contributed by atoms with van der Waals surface area (Å²) in [6, 6.07) is 4.15. The number of ether oxygens (including phenoxy) is 1. The Kier molecular flexibility index (Phi) is 4.66. The molecule has 8 nitrogen and oxygen atoms in total. The Hall–Kier alpha value is -2.74. The topological polar surface area (TPSA) is 73.9 Å². The second-order valence-corrected chi connectivity index (χ2v) is 6.71. The number of rotatable bonds is 5. The van der Waals surface area contributed by atoms with Gasteiger partial charge in [-0.2, -0.15) is 5.10 Å². The van der Waals surface area contributed by atoms with Crippen molar-refractivity contribution in [2.24, 2.45) is 7.05 Å². The summed E-state index contributed by atoms with van der Waals surface area (Å²) in [6.07, 6.45) is 8.32. The zero-order valence-electron chi connectivity index (χ0n) is 15.1. The fourth-order valence-electron chi connectivity index (χ4n) is 3.33. The van der Waals surface area contributed by atoms with E-state index in [2.05, 4.69) is 42.9 Å². The third-order valence-corrected chi connectivity index (χ3v) is 4.76. The summed E-state index contributed by atoms with van der Waals surface area (Å²) in [6.45, 7) is 5.34. The molecule has 136 valence electrons. The molecule has 3 aromatic rings. The summed E-state index contributed by atoms with van der Waals surface area (Å²) in [5.74, 6) is 2.63. The maximum absolute atomic E-state index is 5.80. The molecule has 0 aromatic carbocycles. The predicted octanol–water partition coefficient (Wildman–Crippen LogP) is 1.43. The number of nitrogens with zero attached hydrogens (tertiary/aromatic N) is 7. The van der Waals surface area contributed by atoms with Crippen LogP contribution in [0.25, 0.3) is 0 Å². The Labute approximate surface area is 152 Å².